The van der Waals surface area contributed by atoms with E-state index in [0.29, 0.717) is 39.1 Å². The molecule has 0 saturated heterocycles. The molecule has 3 heterocycles. The lowest BCUT2D eigenvalue weighted by atomic mass is 9.94. The minimum Gasteiger partial charge on any atom is -0.456 e. The lowest BCUT2D eigenvalue weighted by molar-refractivity contribution is 0.669. The molecule has 0 spiro atoms. The molecule has 0 aliphatic rings. The molecule has 5 nitrogen and oxygen atoms in total. The first-order valence-corrected chi connectivity index (χ1v) is 18.4. The first-order valence-electron chi connectivity index (χ1n) is 20.4. The Morgan fingerprint density at radius 1 is 0.393 bits per heavy atom. The van der Waals surface area contributed by atoms with Crippen LogP contribution in [0.3, 0.4) is 0 Å². The molecule has 0 fully saturated rings. The number of nitrogens with zero attached hydrogens (tertiary/aromatic N) is 4. The molecule has 0 aliphatic heterocycles. The van der Waals surface area contributed by atoms with Crippen LogP contribution in [-0.2, 0) is 0 Å². The summed E-state index contributed by atoms with van der Waals surface area (Å²) >= 11 is 0. The highest BCUT2D eigenvalue weighted by Crippen LogP contribution is 2.39. The second kappa shape index (κ2) is 13.0. The summed E-state index contributed by atoms with van der Waals surface area (Å²) in [5, 5.41) is 3.02. The second-order valence-electron chi connectivity index (χ2n) is 13.7. The van der Waals surface area contributed by atoms with Crippen LogP contribution in [0.15, 0.2) is 198 Å². The highest BCUT2D eigenvalue weighted by molar-refractivity contribution is 6.11. The van der Waals surface area contributed by atoms with E-state index in [4.69, 9.17) is 22.1 Å². The topological polar surface area (TPSA) is 56.7 Å². The molecule has 0 saturated carbocycles. The van der Waals surface area contributed by atoms with E-state index in [-0.39, 0.29) is 35.6 Å². The molecule has 11 aromatic rings. The number of aromatic nitrogens is 4. The van der Waals surface area contributed by atoms with Gasteiger partial charge in [0.05, 0.1) is 16.5 Å². The van der Waals surface area contributed by atoms with Gasteiger partial charge < -0.3 is 4.42 Å². The first kappa shape index (κ1) is 27.9. The van der Waals surface area contributed by atoms with Crippen LogP contribution in [0.2, 0.25) is 0 Å². The zero-order valence-electron chi connectivity index (χ0n) is 33.9. The van der Waals surface area contributed by atoms with Crippen LogP contribution < -0.4 is 0 Å². The highest BCUT2D eigenvalue weighted by Gasteiger charge is 2.20. The summed E-state index contributed by atoms with van der Waals surface area (Å²) in [4.78, 5) is 15.3. The molecular weight excluding hydrogens is 685 g/mol. The third-order valence-electron chi connectivity index (χ3n) is 10.4. The van der Waals surface area contributed by atoms with E-state index in [0.717, 1.165) is 55.3 Å². The van der Waals surface area contributed by atoms with Gasteiger partial charge in [0.25, 0.3) is 0 Å². The van der Waals surface area contributed by atoms with Gasteiger partial charge in [-0.1, -0.05) is 152 Å². The summed E-state index contributed by atoms with van der Waals surface area (Å²) in [5.74, 6) is 1.00. The van der Waals surface area contributed by atoms with Crippen molar-refractivity contribution < 1.29 is 9.90 Å². The monoisotopic (exact) mass is 720 g/mol. The number of rotatable bonds is 6. The van der Waals surface area contributed by atoms with Crippen molar-refractivity contribution in [2.24, 2.45) is 0 Å². The molecule has 0 atom stereocenters. The Hall–Kier alpha value is -7.63. The summed E-state index contributed by atoms with van der Waals surface area (Å²) in [6, 6.07) is 55.4. The summed E-state index contributed by atoms with van der Waals surface area (Å²) in [5.41, 5.74) is 9.91. The van der Waals surface area contributed by atoms with E-state index in [1.165, 1.54) is 0 Å². The van der Waals surface area contributed by atoms with Crippen molar-refractivity contribution >= 4 is 43.7 Å². The Bertz CT molecular complexity index is 3490. The maximum atomic E-state index is 9.32. The first-order chi connectivity index (χ1) is 29.4. The minimum absolute atomic E-state index is 0.136. The van der Waals surface area contributed by atoms with Gasteiger partial charge in [-0.3, -0.25) is 4.57 Å². The fourth-order valence-electron chi connectivity index (χ4n) is 7.76. The van der Waals surface area contributed by atoms with Gasteiger partial charge in [0, 0.05) is 32.7 Å². The van der Waals surface area contributed by atoms with Crippen LogP contribution >= 0.6 is 0 Å². The molecule has 56 heavy (non-hydrogen) atoms. The van der Waals surface area contributed by atoms with E-state index in [1.807, 2.05) is 127 Å². The van der Waals surface area contributed by atoms with Gasteiger partial charge in [0.15, 0.2) is 11.6 Å². The third-order valence-corrected chi connectivity index (χ3v) is 10.4. The molecule has 5 heteroatoms. The maximum absolute atomic E-state index is 9.32. The Balaban J connectivity index is 1.18. The van der Waals surface area contributed by atoms with Gasteiger partial charge in [0.1, 0.15) is 11.2 Å². The third kappa shape index (κ3) is 5.37. The Labute approximate surface area is 328 Å². The number of furan rings is 1. The van der Waals surface area contributed by atoms with Crippen LogP contribution in [-0.4, -0.2) is 19.5 Å². The molecule has 11 rings (SSSR count). The second-order valence-corrected chi connectivity index (χ2v) is 13.7. The Morgan fingerprint density at radius 3 is 1.84 bits per heavy atom. The van der Waals surface area contributed by atoms with Crippen LogP contribution in [0.4, 0.5) is 0 Å². The van der Waals surface area contributed by atoms with Crippen LogP contribution in [0.25, 0.3) is 106 Å². The predicted octanol–water partition coefficient (Wildman–Crippen LogP) is 13.2. The Morgan fingerprint density at radius 2 is 1.02 bits per heavy atom. The van der Waals surface area contributed by atoms with Crippen molar-refractivity contribution in [1.29, 1.82) is 0 Å². The number of fused-ring (bicyclic) bond motifs is 6. The number of hydrogen-bond acceptors (Lipinski definition) is 4. The zero-order valence-corrected chi connectivity index (χ0v) is 29.9. The zero-order chi connectivity index (χ0) is 40.5. The molecule has 262 valence electrons. The standard InChI is InChI=1S/C51H32N4O/c1-3-14-33(15-4-1)35-18-13-19-37(30-35)49-52-50(38-26-28-43-42-23-10-12-25-47(42)56-48(43)32-38)54-51(53-49)55-45-24-11-9-22-41(45)44-31-36(27-29-46(44)55)40-21-8-7-20-39(40)34-16-5-2-6-17-34/h1-32H/i9D,11D,22D,24D. The van der Waals surface area contributed by atoms with Crippen molar-refractivity contribution in [2.75, 3.05) is 0 Å². The summed E-state index contributed by atoms with van der Waals surface area (Å²) in [6.45, 7) is 0. The highest BCUT2D eigenvalue weighted by atomic mass is 16.3. The normalized spacial score (nSPS) is 12.6. The smallest absolute Gasteiger partial charge is 0.238 e. The number of para-hydroxylation sites is 2. The predicted molar refractivity (Wildman–Crippen MR) is 229 cm³/mol. The molecule has 8 aromatic carbocycles. The molecule has 0 radical (unpaired) electrons. The van der Waals surface area contributed by atoms with Gasteiger partial charge in [-0.15, -0.1) is 0 Å². The van der Waals surface area contributed by atoms with Gasteiger partial charge in [-0.2, -0.15) is 9.97 Å². The SMILES string of the molecule is [2H]c1c([2H])c([2H])c2c(c1[2H])c1cc(-c3ccccc3-c3ccccc3)ccc1n2-c1nc(-c2cccc(-c3ccccc3)c2)nc(-c2ccc3c(c2)oc2ccccc23)n1. The quantitative estimate of drug-likeness (QED) is 0.172. The van der Waals surface area contributed by atoms with Crippen LogP contribution in [0, 0.1) is 0 Å². The van der Waals surface area contributed by atoms with E-state index in [9.17, 15) is 2.74 Å². The van der Waals surface area contributed by atoms with Crippen molar-refractivity contribution in [3.63, 3.8) is 0 Å². The molecule has 3 aromatic heterocycles. The molecule has 0 unspecified atom stereocenters. The Kier molecular flexibility index (Phi) is 6.50. The summed E-state index contributed by atoms with van der Waals surface area (Å²) in [7, 11) is 0. The van der Waals surface area contributed by atoms with Crippen molar-refractivity contribution in [1.82, 2.24) is 19.5 Å². The van der Waals surface area contributed by atoms with E-state index >= 15 is 0 Å². The lowest BCUT2D eigenvalue weighted by Gasteiger charge is -2.12. The van der Waals surface area contributed by atoms with E-state index in [1.54, 1.807) is 4.57 Å². The average molecular weight is 721 g/mol. The van der Waals surface area contributed by atoms with Crippen LogP contribution in [0.1, 0.15) is 5.48 Å². The van der Waals surface area contributed by atoms with Crippen molar-refractivity contribution in [3.8, 4) is 62.1 Å². The summed E-state index contributed by atoms with van der Waals surface area (Å²) < 4.78 is 44.2. The largest absolute Gasteiger partial charge is 0.456 e. The molecule has 0 aliphatic carbocycles. The van der Waals surface area contributed by atoms with E-state index < -0.39 is 0 Å². The van der Waals surface area contributed by atoms with Crippen LogP contribution in [0.5, 0.6) is 0 Å². The fourth-order valence-corrected chi connectivity index (χ4v) is 7.76. The average Bonchev–Trinajstić information content (AvgIpc) is 3.86. The lowest BCUT2D eigenvalue weighted by Crippen LogP contribution is -2.06. The van der Waals surface area contributed by atoms with Crippen molar-refractivity contribution in [2.45, 2.75) is 0 Å². The number of hydrogen-bond donors (Lipinski definition) is 0. The van der Waals surface area contributed by atoms with Crippen molar-refractivity contribution in [3.05, 3.63) is 194 Å². The maximum Gasteiger partial charge on any atom is 0.238 e. The molecular formula is C51H32N4O. The molecule has 0 bridgehead atoms. The van der Waals surface area contributed by atoms with Gasteiger partial charge >= 0.3 is 0 Å². The summed E-state index contributed by atoms with van der Waals surface area (Å²) in [6.07, 6.45) is 0. The van der Waals surface area contributed by atoms with E-state index in [2.05, 4.69) is 42.5 Å². The van der Waals surface area contributed by atoms with Gasteiger partial charge in [0.2, 0.25) is 5.95 Å². The van der Waals surface area contributed by atoms with Gasteiger partial charge in [-0.05, 0) is 75.8 Å². The molecule has 0 N–H and O–H groups in total. The minimum atomic E-state index is -0.341. The number of benzene rings is 8. The molecule has 0 amide bonds. The fraction of sp³-hybridized carbons (Fsp3) is 0. The van der Waals surface area contributed by atoms with Gasteiger partial charge in [-0.25, -0.2) is 4.98 Å².